The molecule has 0 spiro atoms. The summed E-state index contributed by atoms with van der Waals surface area (Å²) in [4.78, 5) is 0. The Hall–Kier alpha value is -0.520. The molecule has 1 aliphatic rings. The molecule has 1 N–H and O–H groups in total. The van der Waals surface area contributed by atoms with Gasteiger partial charge in [0.25, 0.3) is 0 Å². The van der Waals surface area contributed by atoms with Gasteiger partial charge in [0.05, 0.1) is 10.6 Å². The van der Waals surface area contributed by atoms with Gasteiger partial charge in [-0.25, -0.2) is 8.78 Å². The summed E-state index contributed by atoms with van der Waals surface area (Å²) in [6, 6.07) is 2.64. The first-order valence-corrected chi connectivity index (χ1v) is 8.26. The molecule has 0 saturated heterocycles. The van der Waals surface area contributed by atoms with Crippen LogP contribution in [0.25, 0.3) is 0 Å². The van der Waals surface area contributed by atoms with Crippen LogP contribution < -0.4 is 5.32 Å². The lowest BCUT2D eigenvalue weighted by molar-refractivity contribution is 0.0506. The second kappa shape index (κ2) is 7.65. The Labute approximate surface area is 133 Å². The van der Waals surface area contributed by atoms with Crippen LogP contribution in [0.2, 0.25) is 0 Å². The first kappa shape index (κ1) is 16.8. The Kier molecular flexibility index (Phi) is 6.14. The average molecular weight is 362 g/mol. The van der Waals surface area contributed by atoms with E-state index in [4.69, 9.17) is 4.74 Å². The highest BCUT2D eigenvalue weighted by atomic mass is 79.9. The summed E-state index contributed by atoms with van der Waals surface area (Å²) >= 11 is 3.12. The minimum atomic E-state index is -0.510. The van der Waals surface area contributed by atoms with Crippen LogP contribution in [0.4, 0.5) is 8.78 Å². The van der Waals surface area contributed by atoms with Crippen LogP contribution in [-0.2, 0) is 11.2 Å². The zero-order valence-electron chi connectivity index (χ0n) is 12.5. The summed E-state index contributed by atoms with van der Waals surface area (Å²) in [5, 5.41) is 3.39. The predicted molar refractivity (Wildman–Crippen MR) is 83.4 cm³/mol. The van der Waals surface area contributed by atoms with Crippen LogP contribution in [0.15, 0.2) is 16.6 Å². The van der Waals surface area contributed by atoms with E-state index in [0.29, 0.717) is 16.8 Å². The topological polar surface area (TPSA) is 21.3 Å². The van der Waals surface area contributed by atoms with Crippen molar-refractivity contribution in [1.29, 1.82) is 0 Å². The van der Waals surface area contributed by atoms with E-state index in [0.717, 1.165) is 25.8 Å². The van der Waals surface area contributed by atoms with Crippen LogP contribution in [0.5, 0.6) is 0 Å². The van der Waals surface area contributed by atoms with E-state index in [1.54, 1.807) is 7.11 Å². The predicted octanol–water partition coefficient (Wildman–Crippen LogP) is 4.06. The number of hydrogen-bond acceptors (Lipinski definition) is 2. The van der Waals surface area contributed by atoms with Crippen molar-refractivity contribution in [3.05, 3.63) is 33.8 Å². The molecule has 2 atom stereocenters. The molecule has 0 bridgehead atoms. The molecule has 1 aliphatic carbocycles. The fourth-order valence-electron chi connectivity index (χ4n) is 2.72. The first-order chi connectivity index (χ1) is 10.1. The maximum atomic E-state index is 14.2. The zero-order chi connectivity index (χ0) is 15.4. The number of benzene rings is 1. The summed E-state index contributed by atoms with van der Waals surface area (Å²) in [7, 11) is 1.68. The third kappa shape index (κ3) is 4.24. The van der Waals surface area contributed by atoms with Crippen LogP contribution >= 0.6 is 15.9 Å². The molecule has 2 unspecified atom stereocenters. The molecule has 5 heteroatoms. The summed E-state index contributed by atoms with van der Waals surface area (Å²) in [5.74, 6) is -0.503. The van der Waals surface area contributed by atoms with E-state index >= 15 is 0 Å². The molecule has 2 rings (SSSR count). The third-order valence-corrected chi connectivity index (χ3v) is 4.59. The summed E-state index contributed by atoms with van der Waals surface area (Å²) < 4.78 is 34.0. The van der Waals surface area contributed by atoms with Crippen molar-refractivity contribution in [3.63, 3.8) is 0 Å². The van der Waals surface area contributed by atoms with Gasteiger partial charge in [-0.15, -0.1) is 0 Å². The Balaban J connectivity index is 2.19. The lowest BCUT2D eigenvalue weighted by atomic mass is 9.97. The van der Waals surface area contributed by atoms with E-state index in [1.807, 2.05) is 0 Å². The second-order valence-corrected chi connectivity index (χ2v) is 6.48. The Morgan fingerprint density at radius 2 is 2.10 bits per heavy atom. The molecule has 0 amide bonds. The molecule has 118 valence electrons. The van der Waals surface area contributed by atoms with Crippen LogP contribution in [-0.4, -0.2) is 25.8 Å². The van der Waals surface area contributed by atoms with Crippen molar-refractivity contribution < 1.29 is 13.5 Å². The van der Waals surface area contributed by atoms with Crippen LogP contribution in [0.3, 0.4) is 0 Å². The maximum Gasteiger partial charge on any atom is 0.143 e. The fourth-order valence-corrected chi connectivity index (χ4v) is 3.09. The van der Waals surface area contributed by atoms with Gasteiger partial charge in [0, 0.05) is 18.7 Å². The summed E-state index contributed by atoms with van der Waals surface area (Å²) in [6.45, 7) is 2.89. The third-order valence-electron chi connectivity index (χ3n) is 3.97. The van der Waals surface area contributed by atoms with E-state index in [2.05, 4.69) is 28.2 Å². The molecule has 1 fully saturated rings. The van der Waals surface area contributed by atoms with E-state index in [-0.39, 0.29) is 17.7 Å². The quantitative estimate of drug-likeness (QED) is 0.704. The van der Waals surface area contributed by atoms with Crippen molar-refractivity contribution in [2.24, 2.45) is 5.92 Å². The molecule has 0 radical (unpaired) electrons. The molecule has 0 aliphatic heterocycles. The van der Waals surface area contributed by atoms with Crippen molar-refractivity contribution in [1.82, 2.24) is 5.32 Å². The van der Waals surface area contributed by atoms with Gasteiger partial charge in [-0.1, -0.05) is 6.92 Å². The summed E-state index contributed by atoms with van der Waals surface area (Å²) in [6.07, 6.45) is 3.54. The molecule has 2 nitrogen and oxygen atoms in total. The number of halogens is 3. The normalized spacial score (nSPS) is 17.8. The van der Waals surface area contributed by atoms with Gasteiger partial charge in [0.1, 0.15) is 11.6 Å². The zero-order valence-corrected chi connectivity index (χ0v) is 14.1. The first-order valence-electron chi connectivity index (χ1n) is 7.47. The van der Waals surface area contributed by atoms with Gasteiger partial charge in [-0.05, 0) is 66.2 Å². The second-order valence-electron chi connectivity index (χ2n) is 5.62. The summed E-state index contributed by atoms with van der Waals surface area (Å²) in [5.41, 5.74) is 0.126. The molecule has 1 saturated carbocycles. The van der Waals surface area contributed by atoms with Crippen molar-refractivity contribution >= 4 is 15.9 Å². The van der Waals surface area contributed by atoms with Gasteiger partial charge in [0.15, 0.2) is 0 Å². The molecule has 1 aromatic rings. The number of hydrogen-bond donors (Lipinski definition) is 1. The average Bonchev–Trinajstić information content (AvgIpc) is 3.29. The molecular formula is C16H22BrF2NO. The van der Waals surface area contributed by atoms with Gasteiger partial charge >= 0.3 is 0 Å². The SMILES string of the molecule is CCCNC(Cc1c(F)ccc(Br)c1F)C(OC)C1CC1. The highest BCUT2D eigenvalue weighted by molar-refractivity contribution is 9.10. The molecular weight excluding hydrogens is 340 g/mol. The lowest BCUT2D eigenvalue weighted by Gasteiger charge is -2.27. The highest BCUT2D eigenvalue weighted by Gasteiger charge is 2.37. The standard InChI is InChI=1S/C16H22BrF2NO/c1-3-8-20-14(16(21-2)10-4-5-10)9-11-13(18)7-6-12(17)15(11)19/h6-7,10,14,16,20H,3-5,8-9H2,1-2H3. The van der Waals surface area contributed by atoms with Crippen molar-refractivity contribution in [2.75, 3.05) is 13.7 Å². The number of methoxy groups -OCH3 is 1. The fraction of sp³-hybridized carbons (Fsp3) is 0.625. The largest absolute Gasteiger partial charge is 0.380 e. The van der Waals surface area contributed by atoms with Crippen molar-refractivity contribution in [2.45, 2.75) is 44.8 Å². The van der Waals surface area contributed by atoms with E-state index in [9.17, 15) is 8.78 Å². The Morgan fingerprint density at radius 1 is 1.38 bits per heavy atom. The maximum absolute atomic E-state index is 14.2. The monoisotopic (exact) mass is 361 g/mol. The van der Waals surface area contributed by atoms with Crippen LogP contribution in [0.1, 0.15) is 31.7 Å². The van der Waals surface area contributed by atoms with Gasteiger partial charge in [-0.2, -0.15) is 0 Å². The van der Waals surface area contributed by atoms with E-state index in [1.165, 1.54) is 12.1 Å². The van der Waals surface area contributed by atoms with Gasteiger partial charge < -0.3 is 10.1 Å². The Bertz CT molecular complexity index is 480. The minimum Gasteiger partial charge on any atom is -0.380 e. The van der Waals surface area contributed by atoms with E-state index < -0.39 is 11.6 Å². The lowest BCUT2D eigenvalue weighted by Crippen LogP contribution is -2.44. The van der Waals surface area contributed by atoms with Gasteiger partial charge in [0.2, 0.25) is 0 Å². The molecule has 0 aromatic heterocycles. The highest BCUT2D eigenvalue weighted by Crippen LogP contribution is 2.36. The number of ether oxygens (including phenoxy) is 1. The van der Waals surface area contributed by atoms with Gasteiger partial charge in [-0.3, -0.25) is 0 Å². The molecule has 1 aromatic carbocycles. The Morgan fingerprint density at radius 3 is 2.67 bits per heavy atom. The number of rotatable bonds is 8. The van der Waals surface area contributed by atoms with Crippen LogP contribution in [0, 0.1) is 17.6 Å². The molecule has 0 heterocycles. The van der Waals surface area contributed by atoms with Crippen molar-refractivity contribution in [3.8, 4) is 0 Å². The minimum absolute atomic E-state index is 0.00864. The smallest absolute Gasteiger partial charge is 0.143 e. The number of nitrogens with one attached hydrogen (secondary N) is 1. The molecule has 21 heavy (non-hydrogen) atoms.